The van der Waals surface area contributed by atoms with E-state index in [1.54, 1.807) is 12.1 Å². The molecule has 1 amide bonds. The van der Waals surface area contributed by atoms with Crippen LogP contribution < -0.4 is 5.32 Å². The maximum Gasteiger partial charge on any atom is 0.230 e. The number of para-hydroxylation sites is 1. The summed E-state index contributed by atoms with van der Waals surface area (Å²) in [7, 11) is 1.93. The highest BCUT2D eigenvalue weighted by Crippen LogP contribution is 2.25. The Kier molecular flexibility index (Phi) is 5.40. The summed E-state index contributed by atoms with van der Waals surface area (Å²) in [6, 6.07) is 13.8. The third-order valence-corrected chi connectivity index (χ3v) is 4.97. The third kappa shape index (κ3) is 4.21. The Balaban J connectivity index is 1.55. The van der Waals surface area contributed by atoms with Crippen molar-refractivity contribution in [3.63, 3.8) is 0 Å². The summed E-state index contributed by atoms with van der Waals surface area (Å²) in [6.45, 7) is 0.150. The fraction of sp³-hybridized carbons (Fsp3) is 0.211. The maximum absolute atomic E-state index is 12.9. The van der Waals surface area contributed by atoms with Crippen LogP contribution in [0.25, 0.3) is 10.9 Å². The van der Waals surface area contributed by atoms with Gasteiger partial charge < -0.3 is 15.0 Å². The normalized spacial score (nSPS) is 12.3. The minimum Gasteiger partial charge on any atom is -0.386 e. The van der Waals surface area contributed by atoms with Crippen molar-refractivity contribution in [2.45, 2.75) is 11.0 Å². The molecule has 0 aliphatic rings. The van der Waals surface area contributed by atoms with E-state index in [1.807, 2.05) is 42.1 Å². The lowest BCUT2D eigenvalue weighted by Crippen LogP contribution is -2.29. The van der Waals surface area contributed by atoms with Crippen LogP contribution in [0.15, 0.2) is 59.6 Å². The molecule has 2 aromatic carbocycles. The van der Waals surface area contributed by atoms with Crippen molar-refractivity contribution in [1.29, 1.82) is 0 Å². The fourth-order valence-electron chi connectivity index (χ4n) is 2.69. The number of nitrogens with zero attached hydrogens (tertiary/aromatic N) is 1. The molecular formula is C19H19FN2O2S. The molecule has 3 rings (SSSR count). The monoisotopic (exact) mass is 358 g/mol. The van der Waals surface area contributed by atoms with Crippen LogP contribution in [-0.2, 0) is 11.8 Å². The van der Waals surface area contributed by atoms with E-state index < -0.39 is 6.10 Å². The minimum absolute atomic E-state index is 0.150. The SMILES string of the molecule is Cn1cc(C(O)CNC(=O)CSc2ccc(F)cc2)c2ccccc21. The summed E-state index contributed by atoms with van der Waals surface area (Å²) in [4.78, 5) is 12.8. The lowest BCUT2D eigenvalue weighted by Gasteiger charge is -2.11. The van der Waals surface area contributed by atoms with Crippen molar-refractivity contribution in [3.8, 4) is 0 Å². The van der Waals surface area contributed by atoms with Gasteiger partial charge in [0.1, 0.15) is 5.82 Å². The minimum atomic E-state index is -0.772. The number of aliphatic hydroxyl groups excluding tert-OH is 1. The highest BCUT2D eigenvalue weighted by Gasteiger charge is 2.15. The Labute approximate surface area is 149 Å². The van der Waals surface area contributed by atoms with Gasteiger partial charge in [0.15, 0.2) is 0 Å². The molecular weight excluding hydrogens is 339 g/mol. The number of thioether (sulfide) groups is 1. The first-order valence-corrected chi connectivity index (χ1v) is 8.90. The molecule has 0 aliphatic heterocycles. The van der Waals surface area contributed by atoms with Gasteiger partial charge in [0, 0.05) is 41.2 Å². The number of aliphatic hydroxyl groups is 1. The molecule has 0 bridgehead atoms. The molecule has 0 aliphatic carbocycles. The highest BCUT2D eigenvalue weighted by molar-refractivity contribution is 8.00. The summed E-state index contributed by atoms with van der Waals surface area (Å²) in [5, 5.41) is 14.1. The van der Waals surface area contributed by atoms with Gasteiger partial charge in [-0.05, 0) is 30.3 Å². The Bertz CT molecular complexity index is 877. The van der Waals surface area contributed by atoms with Crippen LogP contribution in [0.2, 0.25) is 0 Å². The zero-order valence-corrected chi connectivity index (χ0v) is 14.6. The largest absolute Gasteiger partial charge is 0.386 e. The lowest BCUT2D eigenvalue weighted by molar-refractivity contribution is -0.119. The summed E-state index contributed by atoms with van der Waals surface area (Å²) in [6.07, 6.45) is 1.11. The van der Waals surface area contributed by atoms with Gasteiger partial charge in [-0.1, -0.05) is 18.2 Å². The zero-order valence-electron chi connectivity index (χ0n) is 13.8. The average molecular weight is 358 g/mol. The predicted octanol–water partition coefficient (Wildman–Crippen LogP) is 3.26. The molecule has 0 spiro atoms. The molecule has 25 heavy (non-hydrogen) atoms. The van der Waals surface area contributed by atoms with Gasteiger partial charge in [-0.15, -0.1) is 11.8 Å². The molecule has 1 unspecified atom stereocenters. The van der Waals surface area contributed by atoms with Crippen LogP contribution in [0.1, 0.15) is 11.7 Å². The molecule has 3 aromatic rings. The third-order valence-electron chi connectivity index (χ3n) is 3.96. The average Bonchev–Trinajstić information content (AvgIpc) is 2.96. The first-order chi connectivity index (χ1) is 12.0. The van der Waals surface area contributed by atoms with E-state index in [-0.39, 0.29) is 24.0 Å². The molecule has 130 valence electrons. The standard InChI is InChI=1S/C19H19FN2O2S/c1-22-11-16(15-4-2-3-5-17(15)22)18(23)10-21-19(24)12-25-14-8-6-13(20)7-9-14/h2-9,11,18,23H,10,12H2,1H3,(H,21,24). The number of amides is 1. The van der Waals surface area contributed by atoms with Gasteiger partial charge in [-0.3, -0.25) is 4.79 Å². The molecule has 0 radical (unpaired) electrons. The van der Waals surface area contributed by atoms with Crippen LogP contribution in [0, 0.1) is 5.82 Å². The lowest BCUT2D eigenvalue weighted by atomic mass is 10.1. The van der Waals surface area contributed by atoms with E-state index in [1.165, 1.54) is 23.9 Å². The molecule has 1 aromatic heterocycles. The van der Waals surface area contributed by atoms with Crippen molar-refractivity contribution in [1.82, 2.24) is 9.88 Å². The Morgan fingerprint density at radius 2 is 1.96 bits per heavy atom. The van der Waals surface area contributed by atoms with Crippen LogP contribution in [0.4, 0.5) is 4.39 Å². The predicted molar refractivity (Wildman–Crippen MR) is 98.0 cm³/mol. The molecule has 1 atom stereocenters. The van der Waals surface area contributed by atoms with Gasteiger partial charge in [-0.25, -0.2) is 4.39 Å². The van der Waals surface area contributed by atoms with Crippen molar-refractivity contribution < 1.29 is 14.3 Å². The van der Waals surface area contributed by atoms with E-state index in [0.29, 0.717) is 0 Å². The number of hydrogen-bond donors (Lipinski definition) is 2. The Hall–Kier alpha value is -2.31. The zero-order chi connectivity index (χ0) is 17.8. The number of halogens is 1. The van der Waals surface area contributed by atoms with Gasteiger partial charge in [0.25, 0.3) is 0 Å². The van der Waals surface area contributed by atoms with Crippen molar-refractivity contribution >= 4 is 28.6 Å². The molecule has 2 N–H and O–H groups in total. The smallest absolute Gasteiger partial charge is 0.230 e. The van der Waals surface area contributed by atoms with Crippen LogP contribution in [0.3, 0.4) is 0 Å². The second-order valence-electron chi connectivity index (χ2n) is 5.77. The topological polar surface area (TPSA) is 54.3 Å². The van der Waals surface area contributed by atoms with Crippen LogP contribution in [-0.4, -0.2) is 27.9 Å². The second-order valence-corrected chi connectivity index (χ2v) is 6.82. The number of hydrogen-bond acceptors (Lipinski definition) is 3. The quantitative estimate of drug-likeness (QED) is 0.665. The number of carbonyl (C=O) groups is 1. The van der Waals surface area contributed by atoms with Gasteiger partial charge in [-0.2, -0.15) is 0 Å². The first kappa shape index (κ1) is 17.5. The van der Waals surface area contributed by atoms with Crippen LogP contribution in [0.5, 0.6) is 0 Å². The van der Waals surface area contributed by atoms with Crippen molar-refractivity contribution in [2.24, 2.45) is 7.05 Å². The maximum atomic E-state index is 12.9. The van der Waals surface area contributed by atoms with Gasteiger partial charge >= 0.3 is 0 Å². The Morgan fingerprint density at radius 1 is 1.24 bits per heavy atom. The van der Waals surface area contributed by atoms with Crippen LogP contribution >= 0.6 is 11.8 Å². The first-order valence-electron chi connectivity index (χ1n) is 7.91. The molecule has 0 fully saturated rings. The number of benzene rings is 2. The number of carbonyl (C=O) groups excluding carboxylic acids is 1. The summed E-state index contributed by atoms with van der Waals surface area (Å²) in [5.74, 6) is -0.255. The molecule has 0 saturated carbocycles. The van der Waals surface area contributed by atoms with E-state index >= 15 is 0 Å². The van der Waals surface area contributed by atoms with E-state index in [0.717, 1.165) is 21.4 Å². The van der Waals surface area contributed by atoms with Gasteiger partial charge in [0.05, 0.1) is 11.9 Å². The number of fused-ring (bicyclic) bond motifs is 1. The number of aryl methyl sites for hydroxylation is 1. The number of rotatable bonds is 6. The number of aromatic nitrogens is 1. The summed E-state index contributed by atoms with van der Waals surface area (Å²) < 4.78 is 14.8. The van der Waals surface area contributed by atoms with Gasteiger partial charge in [0.2, 0.25) is 5.91 Å². The molecule has 1 heterocycles. The fourth-order valence-corrected chi connectivity index (χ4v) is 3.42. The van der Waals surface area contributed by atoms with E-state index in [9.17, 15) is 14.3 Å². The molecule has 4 nitrogen and oxygen atoms in total. The Morgan fingerprint density at radius 3 is 2.72 bits per heavy atom. The summed E-state index contributed by atoms with van der Waals surface area (Å²) >= 11 is 1.33. The van der Waals surface area contributed by atoms with E-state index in [4.69, 9.17) is 0 Å². The van der Waals surface area contributed by atoms with Crippen molar-refractivity contribution in [2.75, 3.05) is 12.3 Å². The molecule has 0 saturated heterocycles. The second kappa shape index (κ2) is 7.72. The van der Waals surface area contributed by atoms with E-state index in [2.05, 4.69) is 5.32 Å². The van der Waals surface area contributed by atoms with Crippen molar-refractivity contribution in [3.05, 3.63) is 66.1 Å². The molecule has 6 heteroatoms. The summed E-state index contributed by atoms with van der Waals surface area (Å²) in [5.41, 5.74) is 1.83. The highest BCUT2D eigenvalue weighted by atomic mass is 32.2. The number of nitrogens with one attached hydrogen (secondary N) is 1.